The second-order valence-corrected chi connectivity index (χ2v) is 5.26. The van der Waals surface area contributed by atoms with E-state index in [1.54, 1.807) is 0 Å². The smallest absolute Gasteiger partial charge is 0.160 e. The summed E-state index contributed by atoms with van der Waals surface area (Å²) in [5.74, 6) is -0.286. The summed E-state index contributed by atoms with van der Waals surface area (Å²) in [6, 6.07) is -1.97. The Hall–Kier alpha value is -2.20. The molecule has 0 amide bonds. The molecule has 0 radical (unpaired) electrons. The Morgan fingerprint density at radius 1 is 1.08 bits per heavy atom. The lowest BCUT2D eigenvalue weighted by molar-refractivity contribution is 0.0976. The average Bonchev–Trinajstić information content (AvgIpc) is 2.80. The predicted molar refractivity (Wildman–Crippen MR) is 99.8 cm³/mol. The lowest BCUT2D eigenvalue weighted by atomic mass is 10.0. The minimum atomic E-state index is -2.14. The molecule has 0 saturated carbocycles. The molecule has 4 nitrogen and oxygen atoms in total. The van der Waals surface area contributed by atoms with E-state index in [-0.39, 0.29) is 77.8 Å². The molecule has 0 spiro atoms. The Balaban J connectivity index is 2.10. The second-order valence-electron chi connectivity index (χ2n) is 5.26. The van der Waals surface area contributed by atoms with Crippen molar-refractivity contribution in [3.63, 3.8) is 0 Å². The minimum Gasteiger partial charge on any atom is -0.493 e. The number of rotatable bonds is 10. The summed E-state index contributed by atoms with van der Waals surface area (Å²) in [6.45, 7) is 0.879. The lowest BCUT2D eigenvalue weighted by Gasteiger charge is -2.13. The van der Waals surface area contributed by atoms with Gasteiger partial charge in [-0.15, -0.1) is 0 Å². The first-order valence-electron chi connectivity index (χ1n) is 12.4. The maximum Gasteiger partial charge on any atom is 0.160 e. The standard InChI is InChI=1S/C21H28O4/c1-16-7-6-10-19(13-16)25-15-18(22)9-5-4-8-17-11-12-20(23-2)21(14-17)24-3/h6-7,10-14,18,22H,4-5,8-9,15H2,1-3H3/i6D,7D,9D2,10D,11D,12D,13D,14D. The molecule has 2 aromatic rings. The van der Waals surface area contributed by atoms with Crippen molar-refractivity contribution in [2.24, 2.45) is 0 Å². The van der Waals surface area contributed by atoms with E-state index >= 15 is 0 Å². The fourth-order valence-electron chi connectivity index (χ4n) is 2.07. The third-order valence-corrected chi connectivity index (χ3v) is 3.30. The van der Waals surface area contributed by atoms with Crippen LogP contribution in [0.4, 0.5) is 0 Å². The van der Waals surface area contributed by atoms with Crippen molar-refractivity contribution in [2.45, 2.75) is 38.7 Å². The summed E-state index contributed by atoms with van der Waals surface area (Å²) in [4.78, 5) is 0. The third kappa shape index (κ3) is 6.31. The molecule has 1 N–H and O–H groups in total. The van der Waals surface area contributed by atoms with Crippen LogP contribution in [0.25, 0.3) is 0 Å². The molecule has 0 fully saturated rings. The highest BCUT2D eigenvalue weighted by atomic mass is 16.5. The molecule has 136 valence electrons. The SMILES string of the molecule is [2H]c1c([2H])c(C)c([2H])c(OCC(O)C([2H])([2H])CCCc2c([2H])c([2H])c(OC)c(OC)c2[2H])c1[2H]. The van der Waals surface area contributed by atoms with Gasteiger partial charge in [0.15, 0.2) is 11.5 Å². The molecule has 0 bridgehead atoms. The molecule has 1 unspecified atom stereocenters. The summed E-state index contributed by atoms with van der Waals surface area (Å²) >= 11 is 0. The Labute approximate surface area is 163 Å². The molecule has 0 heterocycles. The van der Waals surface area contributed by atoms with Crippen LogP contribution in [0.2, 0.25) is 0 Å². The minimum absolute atomic E-state index is 0.0174. The van der Waals surface area contributed by atoms with Crippen LogP contribution in [0, 0.1) is 6.92 Å². The van der Waals surface area contributed by atoms with Gasteiger partial charge in [-0.2, -0.15) is 0 Å². The van der Waals surface area contributed by atoms with E-state index in [0.29, 0.717) is 0 Å². The van der Waals surface area contributed by atoms with E-state index in [2.05, 4.69) is 0 Å². The van der Waals surface area contributed by atoms with Gasteiger partial charge in [-0.3, -0.25) is 0 Å². The largest absolute Gasteiger partial charge is 0.493 e. The van der Waals surface area contributed by atoms with Crippen molar-refractivity contribution >= 4 is 0 Å². The fraction of sp³-hybridized carbons (Fsp3) is 0.429. The first kappa shape index (κ1) is 10.1. The zero-order valence-electron chi connectivity index (χ0n) is 23.6. The van der Waals surface area contributed by atoms with Gasteiger partial charge in [0.05, 0.1) is 29.9 Å². The van der Waals surface area contributed by atoms with E-state index < -0.39 is 31.2 Å². The van der Waals surface area contributed by atoms with Crippen LogP contribution in [0.1, 0.15) is 42.7 Å². The molecular weight excluding hydrogens is 316 g/mol. The highest BCUT2D eigenvalue weighted by Gasteiger charge is 2.07. The van der Waals surface area contributed by atoms with Crippen molar-refractivity contribution in [2.75, 3.05) is 20.8 Å². The maximum atomic E-state index is 10.4. The van der Waals surface area contributed by atoms with Crippen LogP contribution in [-0.2, 0) is 6.42 Å². The molecule has 2 rings (SSSR count). The quantitative estimate of drug-likeness (QED) is 0.696. The van der Waals surface area contributed by atoms with Gasteiger partial charge in [0.25, 0.3) is 0 Å². The van der Waals surface area contributed by atoms with Gasteiger partial charge < -0.3 is 19.3 Å². The first-order chi connectivity index (χ1) is 15.8. The van der Waals surface area contributed by atoms with E-state index in [1.807, 2.05) is 0 Å². The zero-order valence-corrected chi connectivity index (χ0v) is 14.6. The van der Waals surface area contributed by atoms with Crippen LogP contribution >= 0.6 is 0 Å². The van der Waals surface area contributed by atoms with Crippen LogP contribution in [0.15, 0.2) is 42.3 Å². The third-order valence-electron chi connectivity index (χ3n) is 3.30. The van der Waals surface area contributed by atoms with Crippen molar-refractivity contribution in [1.82, 2.24) is 0 Å². The van der Waals surface area contributed by atoms with Crippen LogP contribution < -0.4 is 14.2 Å². The van der Waals surface area contributed by atoms with E-state index in [9.17, 15) is 5.11 Å². The predicted octanol–water partition coefficient (Wildman–Crippen LogP) is 4.16. The molecule has 0 aliphatic carbocycles. The average molecular weight is 354 g/mol. The van der Waals surface area contributed by atoms with E-state index in [4.69, 9.17) is 26.5 Å². The first-order valence-corrected chi connectivity index (χ1v) is 7.88. The number of aliphatic hydroxyl groups excluding tert-OH is 1. The topological polar surface area (TPSA) is 47.9 Å². The molecular formula is C21H28O4. The number of methoxy groups -OCH3 is 2. The maximum absolute atomic E-state index is 10.4. The molecule has 1 atom stereocenters. The normalized spacial score (nSPS) is 17.5. The molecule has 0 aliphatic rings. The zero-order chi connectivity index (χ0) is 26.0. The summed E-state index contributed by atoms with van der Waals surface area (Å²) in [5.41, 5.74) is 0.352. The van der Waals surface area contributed by atoms with Gasteiger partial charge in [-0.1, -0.05) is 24.5 Å². The van der Waals surface area contributed by atoms with Gasteiger partial charge in [0.2, 0.25) is 0 Å². The number of benzene rings is 2. The summed E-state index contributed by atoms with van der Waals surface area (Å²) < 4.78 is 87.8. The summed E-state index contributed by atoms with van der Waals surface area (Å²) in [5, 5.41) is 10.4. The second kappa shape index (κ2) is 9.94. The number of hydrogen-bond acceptors (Lipinski definition) is 4. The molecule has 2 aromatic carbocycles. The highest BCUT2D eigenvalue weighted by molar-refractivity contribution is 5.42. The Bertz CT molecular complexity index is 1030. The van der Waals surface area contributed by atoms with Gasteiger partial charge in [-0.05, 0) is 61.4 Å². The summed E-state index contributed by atoms with van der Waals surface area (Å²) in [7, 11) is 2.64. The Morgan fingerprint density at radius 2 is 1.88 bits per heavy atom. The van der Waals surface area contributed by atoms with Crippen molar-refractivity contribution in [1.29, 1.82) is 0 Å². The van der Waals surface area contributed by atoms with E-state index in [1.165, 1.54) is 21.1 Å². The molecule has 0 aromatic heterocycles. The fourth-order valence-corrected chi connectivity index (χ4v) is 2.07. The van der Waals surface area contributed by atoms with Gasteiger partial charge in [-0.25, -0.2) is 0 Å². The number of ether oxygens (including phenoxy) is 3. The molecule has 25 heavy (non-hydrogen) atoms. The Kier molecular flexibility index (Phi) is 4.01. The number of hydrogen-bond donors (Lipinski definition) is 1. The monoisotopic (exact) mass is 353 g/mol. The van der Waals surface area contributed by atoms with Crippen molar-refractivity contribution in [3.05, 3.63) is 53.4 Å². The lowest BCUT2D eigenvalue weighted by Crippen LogP contribution is -2.17. The number of aliphatic hydroxyl groups is 1. The molecule has 4 heteroatoms. The van der Waals surface area contributed by atoms with Gasteiger partial charge in [0, 0.05) is 2.74 Å². The Morgan fingerprint density at radius 3 is 2.64 bits per heavy atom. The van der Waals surface area contributed by atoms with E-state index in [0.717, 1.165) is 0 Å². The highest BCUT2D eigenvalue weighted by Crippen LogP contribution is 2.28. The van der Waals surface area contributed by atoms with Crippen LogP contribution in [-0.4, -0.2) is 32.0 Å². The van der Waals surface area contributed by atoms with Gasteiger partial charge >= 0.3 is 0 Å². The van der Waals surface area contributed by atoms with Crippen LogP contribution in [0.3, 0.4) is 0 Å². The van der Waals surface area contributed by atoms with Gasteiger partial charge in [0.1, 0.15) is 12.4 Å². The molecule has 0 saturated heterocycles. The van der Waals surface area contributed by atoms with Crippen molar-refractivity contribution in [3.8, 4) is 17.2 Å². The summed E-state index contributed by atoms with van der Waals surface area (Å²) in [6.07, 6.45) is -3.68. The van der Waals surface area contributed by atoms with Crippen LogP contribution in [0.5, 0.6) is 17.2 Å². The van der Waals surface area contributed by atoms with Crippen molar-refractivity contribution < 1.29 is 31.7 Å². The molecule has 0 aliphatic heterocycles.